The quantitative estimate of drug-likeness (QED) is 0.766. The average molecular weight is 222 g/mol. The Morgan fingerprint density at radius 1 is 1.44 bits per heavy atom. The monoisotopic (exact) mass is 222 g/mol. The zero-order chi connectivity index (χ0) is 12.0. The van der Waals surface area contributed by atoms with E-state index in [0.29, 0.717) is 11.5 Å². The zero-order valence-electron chi connectivity index (χ0n) is 9.69. The Kier molecular flexibility index (Phi) is 4.79. The summed E-state index contributed by atoms with van der Waals surface area (Å²) in [5.74, 6) is 0.0418. The zero-order valence-corrected chi connectivity index (χ0v) is 9.69. The van der Waals surface area contributed by atoms with Crippen molar-refractivity contribution in [2.24, 2.45) is 11.7 Å². The second kappa shape index (κ2) is 6.12. The van der Waals surface area contributed by atoms with Crippen LogP contribution in [0.15, 0.2) is 24.3 Å². The number of methoxy groups -OCH3 is 1. The molecule has 0 spiro atoms. The summed E-state index contributed by atoms with van der Waals surface area (Å²) in [4.78, 5) is 10.8. The minimum absolute atomic E-state index is 0.403. The molecule has 0 saturated carbocycles. The van der Waals surface area contributed by atoms with Crippen LogP contribution in [0.25, 0.3) is 0 Å². The van der Waals surface area contributed by atoms with Crippen molar-refractivity contribution in [3.63, 3.8) is 0 Å². The molecule has 0 aromatic heterocycles. The van der Waals surface area contributed by atoms with Gasteiger partial charge in [0.05, 0.1) is 6.61 Å². The van der Waals surface area contributed by atoms with Gasteiger partial charge in [-0.2, -0.15) is 0 Å². The number of benzene rings is 1. The van der Waals surface area contributed by atoms with Gasteiger partial charge in [-0.1, -0.05) is 6.92 Å². The highest BCUT2D eigenvalue weighted by Gasteiger charge is 2.02. The van der Waals surface area contributed by atoms with Crippen LogP contribution in [0, 0.1) is 5.92 Å². The third kappa shape index (κ3) is 3.90. The van der Waals surface area contributed by atoms with Crippen molar-refractivity contribution in [3.05, 3.63) is 29.8 Å². The van der Waals surface area contributed by atoms with Gasteiger partial charge in [-0.15, -0.1) is 0 Å². The van der Waals surface area contributed by atoms with Crippen molar-refractivity contribution in [1.82, 2.24) is 0 Å². The highest BCUT2D eigenvalue weighted by molar-refractivity contribution is 5.93. The molecule has 1 unspecified atom stereocenters. The number of nitrogens with one attached hydrogen (secondary N) is 1. The largest absolute Gasteiger partial charge is 0.385 e. The standard InChI is InChI=1S/C12H18N2O2/c1-9(8-16-2)7-14-11-5-3-10(4-6-11)12(13)15/h3-6,9,14H,7-8H2,1-2H3,(H2,13,15). The van der Waals surface area contributed by atoms with E-state index >= 15 is 0 Å². The Balaban J connectivity index is 2.46. The number of ether oxygens (including phenoxy) is 1. The highest BCUT2D eigenvalue weighted by Crippen LogP contribution is 2.09. The molecule has 4 nitrogen and oxygen atoms in total. The van der Waals surface area contributed by atoms with Crippen LogP contribution in [-0.2, 0) is 4.74 Å². The Labute approximate surface area is 95.8 Å². The van der Waals surface area contributed by atoms with Crippen LogP contribution >= 0.6 is 0 Å². The molecule has 0 saturated heterocycles. The summed E-state index contributed by atoms with van der Waals surface area (Å²) in [6.07, 6.45) is 0. The first-order valence-corrected chi connectivity index (χ1v) is 5.26. The topological polar surface area (TPSA) is 64.3 Å². The normalized spacial score (nSPS) is 12.1. The van der Waals surface area contributed by atoms with E-state index in [9.17, 15) is 4.79 Å². The van der Waals surface area contributed by atoms with Crippen LogP contribution in [0.5, 0.6) is 0 Å². The number of hydrogen-bond acceptors (Lipinski definition) is 3. The van der Waals surface area contributed by atoms with Crippen LogP contribution in [0.4, 0.5) is 5.69 Å². The number of rotatable bonds is 6. The molecule has 1 rings (SSSR count). The predicted octanol–water partition coefficient (Wildman–Crippen LogP) is 1.48. The first-order chi connectivity index (χ1) is 7.63. The molecule has 0 heterocycles. The first kappa shape index (κ1) is 12.5. The van der Waals surface area contributed by atoms with Crippen LogP contribution in [0.1, 0.15) is 17.3 Å². The first-order valence-electron chi connectivity index (χ1n) is 5.26. The van der Waals surface area contributed by atoms with Gasteiger partial charge in [-0.25, -0.2) is 0 Å². The van der Waals surface area contributed by atoms with Crippen molar-refractivity contribution in [3.8, 4) is 0 Å². The number of anilines is 1. The van der Waals surface area contributed by atoms with Gasteiger partial charge in [-0.3, -0.25) is 4.79 Å². The second-order valence-corrected chi connectivity index (χ2v) is 3.88. The molecule has 1 atom stereocenters. The maximum Gasteiger partial charge on any atom is 0.248 e. The minimum atomic E-state index is -0.403. The van der Waals surface area contributed by atoms with Crippen LogP contribution in [0.2, 0.25) is 0 Å². The highest BCUT2D eigenvalue weighted by atomic mass is 16.5. The van der Waals surface area contributed by atoms with E-state index in [4.69, 9.17) is 10.5 Å². The van der Waals surface area contributed by atoms with Gasteiger partial charge in [0.25, 0.3) is 0 Å². The van der Waals surface area contributed by atoms with E-state index in [1.54, 1.807) is 19.2 Å². The predicted molar refractivity (Wildman–Crippen MR) is 64.5 cm³/mol. The average Bonchev–Trinajstić information content (AvgIpc) is 2.27. The number of primary amides is 1. The van der Waals surface area contributed by atoms with E-state index in [2.05, 4.69) is 12.2 Å². The lowest BCUT2D eigenvalue weighted by molar-refractivity contribution is 0.100. The fourth-order valence-electron chi connectivity index (χ4n) is 1.39. The Bertz CT molecular complexity index is 335. The molecule has 1 amide bonds. The molecule has 16 heavy (non-hydrogen) atoms. The SMILES string of the molecule is COCC(C)CNc1ccc(C(N)=O)cc1. The molecule has 0 radical (unpaired) electrons. The van der Waals surface area contributed by atoms with Gasteiger partial charge < -0.3 is 15.8 Å². The van der Waals surface area contributed by atoms with E-state index in [-0.39, 0.29) is 0 Å². The number of carbonyl (C=O) groups excluding carboxylic acids is 1. The Hall–Kier alpha value is -1.55. The lowest BCUT2D eigenvalue weighted by atomic mass is 10.1. The van der Waals surface area contributed by atoms with Crippen molar-refractivity contribution < 1.29 is 9.53 Å². The molecule has 1 aromatic carbocycles. The summed E-state index contributed by atoms with van der Waals surface area (Å²) in [6, 6.07) is 7.12. The van der Waals surface area contributed by atoms with E-state index < -0.39 is 5.91 Å². The minimum Gasteiger partial charge on any atom is -0.385 e. The van der Waals surface area contributed by atoms with Gasteiger partial charge in [-0.05, 0) is 30.2 Å². The molecule has 0 fully saturated rings. The van der Waals surface area contributed by atoms with Gasteiger partial charge >= 0.3 is 0 Å². The van der Waals surface area contributed by atoms with Crippen LogP contribution in [0.3, 0.4) is 0 Å². The summed E-state index contributed by atoms with van der Waals surface area (Å²) in [5.41, 5.74) is 6.65. The third-order valence-corrected chi connectivity index (χ3v) is 2.28. The lowest BCUT2D eigenvalue weighted by Crippen LogP contribution is -2.16. The molecule has 3 N–H and O–H groups in total. The number of amides is 1. The summed E-state index contributed by atoms with van der Waals surface area (Å²) in [6.45, 7) is 3.67. The Morgan fingerprint density at radius 3 is 2.56 bits per heavy atom. The van der Waals surface area contributed by atoms with Crippen molar-refractivity contribution in [1.29, 1.82) is 0 Å². The molecule has 0 aliphatic heterocycles. The number of nitrogens with two attached hydrogens (primary N) is 1. The van der Waals surface area contributed by atoms with Gasteiger partial charge in [0.15, 0.2) is 0 Å². The van der Waals surface area contributed by atoms with Gasteiger partial charge in [0.1, 0.15) is 0 Å². The molecule has 1 aromatic rings. The maximum atomic E-state index is 10.8. The summed E-state index contributed by atoms with van der Waals surface area (Å²) in [7, 11) is 1.69. The summed E-state index contributed by atoms with van der Waals surface area (Å²) in [5, 5.41) is 3.26. The molecule has 88 valence electrons. The third-order valence-electron chi connectivity index (χ3n) is 2.28. The summed E-state index contributed by atoms with van der Waals surface area (Å²) >= 11 is 0. The number of hydrogen-bond donors (Lipinski definition) is 2. The van der Waals surface area contributed by atoms with Crippen molar-refractivity contribution in [2.45, 2.75) is 6.92 Å². The van der Waals surface area contributed by atoms with Gasteiger partial charge in [0, 0.05) is 24.9 Å². The van der Waals surface area contributed by atoms with Crippen molar-refractivity contribution in [2.75, 3.05) is 25.6 Å². The number of carbonyl (C=O) groups is 1. The van der Waals surface area contributed by atoms with E-state index in [0.717, 1.165) is 18.8 Å². The molecule has 0 aliphatic carbocycles. The molecule has 0 bridgehead atoms. The second-order valence-electron chi connectivity index (χ2n) is 3.88. The van der Waals surface area contributed by atoms with Gasteiger partial charge in [0.2, 0.25) is 5.91 Å². The Morgan fingerprint density at radius 2 is 2.06 bits per heavy atom. The molecular weight excluding hydrogens is 204 g/mol. The van der Waals surface area contributed by atoms with Crippen molar-refractivity contribution >= 4 is 11.6 Å². The van der Waals surface area contributed by atoms with E-state index in [1.807, 2.05) is 12.1 Å². The van der Waals surface area contributed by atoms with Crippen LogP contribution in [-0.4, -0.2) is 26.2 Å². The van der Waals surface area contributed by atoms with E-state index in [1.165, 1.54) is 0 Å². The molecular formula is C12H18N2O2. The fraction of sp³-hybridized carbons (Fsp3) is 0.417. The maximum absolute atomic E-state index is 10.8. The smallest absolute Gasteiger partial charge is 0.248 e. The molecule has 4 heteroatoms. The molecule has 0 aliphatic rings. The fourth-order valence-corrected chi connectivity index (χ4v) is 1.39. The lowest BCUT2D eigenvalue weighted by Gasteiger charge is -2.12. The van der Waals surface area contributed by atoms with Crippen LogP contribution < -0.4 is 11.1 Å². The summed E-state index contributed by atoms with van der Waals surface area (Å²) < 4.78 is 5.04.